The standard InChI is InChI=1S/C22H25N.Ir/c1-2-3-4-5-6-9-18-12-14-20(15-13-18)22-17-16-19-10-7-8-11-21(19)23-22;/h7-8,10-17H,2-6,9H2,1H3;. The smallest absolute Gasteiger partial charge is 0.0709 e. The van der Waals surface area contributed by atoms with Gasteiger partial charge in [-0.3, -0.25) is 0 Å². The minimum Gasteiger partial charge on any atom is -0.248 e. The molecular formula is C22H25IrN. The topological polar surface area (TPSA) is 12.9 Å². The van der Waals surface area contributed by atoms with Crippen molar-refractivity contribution in [3.05, 3.63) is 66.2 Å². The maximum Gasteiger partial charge on any atom is 0.0709 e. The number of unbranched alkanes of at least 4 members (excludes halogenated alkanes) is 4. The van der Waals surface area contributed by atoms with Crippen molar-refractivity contribution in [1.29, 1.82) is 0 Å². The number of hydrogen-bond donors (Lipinski definition) is 0. The summed E-state index contributed by atoms with van der Waals surface area (Å²) in [7, 11) is 0. The quantitative estimate of drug-likeness (QED) is 0.345. The molecule has 0 atom stereocenters. The van der Waals surface area contributed by atoms with Crippen molar-refractivity contribution in [3.8, 4) is 11.3 Å². The van der Waals surface area contributed by atoms with Gasteiger partial charge in [0.15, 0.2) is 0 Å². The fraction of sp³-hybridized carbons (Fsp3) is 0.318. The number of pyridine rings is 1. The summed E-state index contributed by atoms with van der Waals surface area (Å²) in [6, 6.07) is 21.5. The van der Waals surface area contributed by atoms with Gasteiger partial charge in [0.25, 0.3) is 0 Å². The Morgan fingerprint density at radius 2 is 1.50 bits per heavy atom. The molecule has 127 valence electrons. The molecular weight excluding hydrogens is 470 g/mol. The van der Waals surface area contributed by atoms with Crippen LogP contribution >= 0.6 is 0 Å². The predicted octanol–water partition coefficient (Wildman–Crippen LogP) is 6.41. The summed E-state index contributed by atoms with van der Waals surface area (Å²) in [5, 5.41) is 1.19. The fourth-order valence-electron chi connectivity index (χ4n) is 3.00. The first-order chi connectivity index (χ1) is 11.4. The number of rotatable bonds is 7. The molecule has 3 aromatic rings. The van der Waals surface area contributed by atoms with E-state index in [9.17, 15) is 0 Å². The number of fused-ring (bicyclic) bond motifs is 1. The van der Waals surface area contributed by atoms with Crippen LogP contribution in [-0.4, -0.2) is 4.98 Å². The van der Waals surface area contributed by atoms with Crippen LogP contribution in [-0.2, 0) is 26.5 Å². The van der Waals surface area contributed by atoms with Crippen LogP contribution in [0.2, 0.25) is 0 Å². The van der Waals surface area contributed by atoms with Gasteiger partial charge in [-0.2, -0.15) is 0 Å². The van der Waals surface area contributed by atoms with Crippen LogP contribution in [0.1, 0.15) is 44.6 Å². The Hall–Kier alpha value is -1.50. The minimum absolute atomic E-state index is 0. The zero-order valence-electron chi connectivity index (χ0n) is 14.3. The third-order valence-electron chi connectivity index (χ3n) is 4.42. The normalized spacial score (nSPS) is 10.5. The van der Waals surface area contributed by atoms with Crippen molar-refractivity contribution >= 4 is 10.9 Å². The Labute approximate surface area is 158 Å². The Morgan fingerprint density at radius 1 is 0.750 bits per heavy atom. The van der Waals surface area contributed by atoms with Crippen LogP contribution in [0.15, 0.2) is 60.7 Å². The molecule has 0 N–H and O–H groups in total. The molecule has 3 rings (SSSR count). The van der Waals surface area contributed by atoms with Crippen LogP contribution in [0, 0.1) is 0 Å². The zero-order valence-corrected chi connectivity index (χ0v) is 16.7. The van der Waals surface area contributed by atoms with E-state index >= 15 is 0 Å². The van der Waals surface area contributed by atoms with Gasteiger partial charge in [-0.05, 0) is 30.5 Å². The van der Waals surface area contributed by atoms with Gasteiger partial charge in [0, 0.05) is 31.1 Å². The fourth-order valence-corrected chi connectivity index (χ4v) is 3.00. The van der Waals surface area contributed by atoms with Crippen molar-refractivity contribution in [3.63, 3.8) is 0 Å². The summed E-state index contributed by atoms with van der Waals surface area (Å²) in [6.45, 7) is 2.26. The van der Waals surface area contributed by atoms with Gasteiger partial charge >= 0.3 is 0 Å². The van der Waals surface area contributed by atoms with Crippen LogP contribution in [0.4, 0.5) is 0 Å². The molecule has 1 radical (unpaired) electrons. The SMILES string of the molecule is CCCCCCCc1ccc(-c2ccc3ccccc3n2)cc1.[Ir]. The third kappa shape index (κ3) is 5.00. The molecule has 0 saturated carbocycles. The van der Waals surface area contributed by atoms with Gasteiger partial charge in [0.2, 0.25) is 0 Å². The van der Waals surface area contributed by atoms with Gasteiger partial charge in [0.1, 0.15) is 0 Å². The van der Waals surface area contributed by atoms with Crippen molar-refractivity contribution in [2.45, 2.75) is 45.4 Å². The number of benzene rings is 2. The maximum atomic E-state index is 4.77. The monoisotopic (exact) mass is 496 g/mol. The molecule has 1 heterocycles. The molecule has 0 fully saturated rings. The average Bonchev–Trinajstić information content (AvgIpc) is 2.62. The van der Waals surface area contributed by atoms with Gasteiger partial charge in [-0.1, -0.05) is 81.1 Å². The van der Waals surface area contributed by atoms with E-state index in [1.807, 2.05) is 6.07 Å². The summed E-state index contributed by atoms with van der Waals surface area (Å²) >= 11 is 0. The molecule has 1 aromatic heterocycles. The van der Waals surface area contributed by atoms with E-state index in [-0.39, 0.29) is 20.1 Å². The molecule has 0 bridgehead atoms. The Kier molecular flexibility index (Phi) is 7.62. The Morgan fingerprint density at radius 3 is 2.29 bits per heavy atom. The molecule has 0 aliphatic rings. The molecule has 2 aromatic carbocycles. The molecule has 0 amide bonds. The minimum atomic E-state index is 0. The van der Waals surface area contributed by atoms with Crippen molar-refractivity contribution < 1.29 is 20.1 Å². The summed E-state index contributed by atoms with van der Waals surface area (Å²) in [6.07, 6.45) is 7.89. The van der Waals surface area contributed by atoms with Crippen molar-refractivity contribution in [2.75, 3.05) is 0 Å². The number of aromatic nitrogens is 1. The molecule has 0 aliphatic heterocycles. The van der Waals surface area contributed by atoms with E-state index in [0.717, 1.165) is 11.2 Å². The number of para-hydroxylation sites is 1. The first kappa shape index (κ1) is 18.8. The first-order valence-corrected chi connectivity index (χ1v) is 8.82. The van der Waals surface area contributed by atoms with E-state index in [2.05, 4.69) is 61.5 Å². The van der Waals surface area contributed by atoms with Gasteiger partial charge in [-0.15, -0.1) is 0 Å². The molecule has 0 spiro atoms. The van der Waals surface area contributed by atoms with E-state index in [4.69, 9.17) is 4.98 Å². The van der Waals surface area contributed by atoms with Crippen LogP contribution < -0.4 is 0 Å². The second kappa shape index (κ2) is 9.71. The van der Waals surface area contributed by atoms with E-state index in [1.165, 1.54) is 55.0 Å². The second-order valence-corrected chi connectivity index (χ2v) is 6.25. The molecule has 0 unspecified atom stereocenters. The Bertz CT molecular complexity index is 749. The summed E-state index contributed by atoms with van der Waals surface area (Å²) in [4.78, 5) is 4.77. The first-order valence-electron chi connectivity index (χ1n) is 8.82. The number of hydrogen-bond acceptors (Lipinski definition) is 1. The van der Waals surface area contributed by atoms with Crippen LogP contribution in [0.25, 0.3) is 22.2 Å². The number of nitrogens with zero attached hydrogens (tertiary/aromatic N) is 1. The van der Waals surface area contributed by atoms with Crippen molar-refractivity contribution in [1.82, 2.24) is 4.98 Å². The molecule has 1 nitrogen and oxygen atoms in total. The number of aryl methyl sites for hydroxylation is 1. The van der Waals surface area contributed by atoms with Gasteiger partial charge in [-0.25, -0.2) is 4.98 Å². The van der Waals surface area contributed by atoms with E-state index in [0.29, 0.717) is 0 Å². The summed E-state index contributed by atoms with van der Waals surface area (Å²) < 4.78 is 0. The van der Waals surface area contributed by atoms with E-state index < -0.39 is 0 Å². The third-order valence-corrected chi connectivity index (χ3v) is 4.42. The molecule has 0 aliphatic carbocycles. The van der Waals surface area contributed by atoms with Crippen LogP contribution in [0.3, 0.4) is 0 Å². The Balaban J connectivity index is 0.00000208. The maximum absolute atomic E-state index is 4.77. The van der Waals surface area contributed by atoms with Crippen molar-refractivity contribution in [2.24, 2.45) is 0 Å². The largest absolute Gasteiger partial charge is 0.248 e. The summed E-state index contributed by atoms with van der Waals surface area (Å²) in [5.74, 6) is 0. The zero-order chi connectivity index (χ0) is 15.9. The second-order valence-electron chi connectivity index (χ2n) is 6.25. The summed E-state index contributed by atoms with van der Waals surface area (Å²) in [5.41, 5.74) is 4.75. The predicted molar refractivity (Wildman–Crippen MR) is 99.6 cm³/mol. The molecule has 2 heteroatoms. The molecule has 0 saturated heterocycles. The van der Waals surface area contributed by atoms with Crippen LogP contribution in [0.5, 0.6) is 0 Å². The van der Waals surface area contributed by atoms with Gasteiger partial charge in [0.05, 0.1) is 11.2 Å². The average molecular weight is 496 g/mol. The van der Waals surface area contributed by atoms with Gasteiger partial charge < -0.3 is 0 Å². The van der Waals surface area contributed by atoms with E-state index in [1.54, 1.807) is 0 Å². The molecule has 24 heavy (non-hydrogen) atoms.